The average molecular weight is 395 g/mol. The normalized spacial score (nSPS) is 10.5. The number of amides is 2. The molecule has 140 valence electrons. The molecule has 26 heavy (non-hydrogen) atoms. The van der Waals surface area contributed by atoms with Crippen LogP contribution in [0.4, 0.5) is 10.6 Å². The van der Waals surface area contributed by atoms with E-state index in [1.807, 2.05) is 24.3 Å². The Morgan fingerprint density at radius 1 is 1.08 bits per heavy atom. The van der Waals surface area contributed by atoms with Crippen LogP contribution in [0.15, 0.2) is 36.4 Å². The topological polar surface area (TPSA) is 57.3 Å². The molecule has 2 rings (SSSR count). The van der Waals surface area contributed by atoms with Gasteiger partial charge in [0.2, 0.25) is 0 Å². The van der Waals surface area contributed by atoms with Crippen molar-refractivity contribution in [2.24, 2.45) is 0 Å². The maximum atomic E-state index is 11.9. The number of hydrogen-bond acceptors (Lipinski definition) is 3. The lowest BCUT2D eigenvalue weighted by molar-refractivity contribution is 0.240. The first-order chi connectivity index (χ1) is 12.5. The Morgan fingerprint density at radius 3 is 2.54 bits per heavy atom. The van der Waals surface area contributed by atoms with Crippen molar-refractivity contribution in [1.29, 1.82) is 0 Å². The predicted octanol–water partition coefficient (Wildman–Crippen LogP) is 4.28. The fourth-order valence-electron chi connectivity index (χ4n) is 2.53. The standard InChI is InChI=1S/C19H24Cl2N4O/c1-3-25(4-2)18-7-5-6-15(24-18)10-11-22-19(26)23-13-14-8-9-16(20)17(21)12-14/h5-9,12H,3-4,10-11,13H2,1-2H3,(H2,22,23,26). The van der Waals surface area contributed by atoms with Crippen LogP contribution in [0.25, 0.3) is 0 Å². The Bertz CT molecular complexity index is 735. The number of urea groups is 1. The number of halogens is 2. The molecule has 0 saturated carbocycles. The van der Waals surface area contributed by atoms with Gasteiger partial charge in [-0.2, -0.15) is 0 Å². The Kier molecular flexibility index (Phi) is 8.01. The van der Waals surface area contributed by atoms with Gasteiger partial charge in [-0.05, 0) is 43.7 Å². The van der Waals surface area contributed by atoms with Crippen LogP contribution in [0.5, 0.6) is 0 Å². The first kappa shape index (κ1) is 20.3. The third-order valence-electron chi connectivity index (χ3n) is 3.98. The van der Waals surface area contributed by atoms with Crippen molar-refractivity contribution in [3.63, 3.8) is 0 Å². The Morgan fingerprint density at radius 2 is 1.85 bits per heavy atom. The van der Waals surface area contributed by atoms with Gasteiger partial charge in [0.1, 0.15) is 5.82 Å². The van der Waals surface area contributed by atoms with Crippen molar-refractivity contribution in [3.05, 3.63) is 57.7 Å². The number of rotatable bonds is 8. The van der Waals surface area contributed by atoms with Crippen LogP contribution < -0.4 is 15.5 Å². The molecule has 0 aliphatic rings. The fourth-order valence-corrected chi connectivity index (χ4v) is 2.85. The number of nitrogens with zero attached hydrogens (tertiary/aromatic N) is 2. The largest absolute Gasteiger partial charge is 0.357 e. The van der Waals surface area contributed by atoms with Gasteiger partial charge in [0.25, 0.3) is 0 Å². The average Bonchev–Trinajstić information content (AvgIpc) is 2.64. The molecule has 0 radical (unpaired) electrons. The van der Waals surface area contributed by atoms with Gasteiger partial charge in [0.15, 0.2) is 0 Å². The summed E-state index contributed by atoms with van der Waals surface area (Å²) >= 11 is 11.8. The monoisotopic (exact) mass is 394 g/mol. The number of anilines is 1. The summed E-state index contributed by atoms with van der Waals surface area (Å²) in [7, 11) is 0. The van der Waals surface area contributed by atoms with Gasteiger partial charge in [-0.3, -0.25) is 0 Å². The van der Waals surface area contributed by atoms with Crippen LogP contribution in [0.2, 0.25) is 10.0 Å². The molecule has 7 heteroatoms. The van der Waals surface area contributed by atoms with Gasteiger partial charge in [-0.1, -0.05) is 35.3 Å². The van der Waals surface area contributed by atoms with E-state index in [0.29, 0.717) is 29.6 Å². The highest BCUT2D eigenvalue weighted by molar-refractivity contribution is 6.42. The van der Waals surface area contributed by atoms with Gasteiger partial charge in [-0.25, -0.2) is 9.78 Å². The molecule has 5 nitrogen and oxygen atoms in total. The van der Waals surface area contributed by atoms with Gasteiger partial charge in [0.05, 0.1) is 10.0 Å². The zero-order valence-electron chi connectivity index (χ0n) is 15.1. The van der Waals surface area contributed by atoms with Crippen LogP contribution in [-0.4, -0.2) is 30.6 Å². The second-order valence-corrected chi connectivity index (χ2v) is 6.58. The molecule has 0 unspecified atom stereocenters. The number of carbonyl (C=O) groups is 1. The van der Waals surface area contributed by atoms with Gasteiger partial charge in [-0.15, -0.1) is 0 Å². The molecule has 0 atom stereocenters. The van der Waals surface area contributed by atoms with Crippen LogP contribution in [0.1, 0.15) is 25.1 Å². The lowest BCUT2D eigenvalue weighted by Crippen LogP contribution is -2.36. The van der Waals surface area contributed by atoms with E-state index in [1.165, 1.54) is 0 Å². The molecule has 0 aliphatic carbocycles. The maximum Gasteiger partial charge on any atom is 0.315 e. The number of carbonyl (C=O) groups excluding carboxylic acids is 1. The zero-order chi connectivity index (χ0) is 18.9. The number of pyridine rings is 1. The number of nitrogens with one attached hydrogen (secondary N) is 2. The molecule has 0 bridgehead atoms. The second-order valence-electron chi connectivity index (χ2n) is 5.77. The first-order valence-corrected chi connectivity index (χ1v) is 9.45. The Hall–Kier alpha value is -1.98. The van der Waals surface area contributed by atoms with Crippen molar-refractivity contribution in [3.8, 4) is 0 Å². The Labute approximate surface area is 164 Å². The van der Waals surface area contributed by atoms with E-state index in [-0.39, 0.29) is 6.03 Å². The summed E-state index contributed by atoms with van der Waals surface area (Å²) < 4.78 is 0. The van der Waals surface area contributed by atoms with Crippen molar-refractivity contribution in [2.75, 3.05) is 24.5 Å². The minimum absolute atomic E-state index is 0.226. The second kappa shape index (κ2) is 10.2. The highest BCUT2D eigenvalue weighted by atomic mass is 35.5. The van der Waals surface area contributed by atoms with Crippen LogP contribution >= 0.6 is 23.2 Å². The minimum Gasteiger partial charge on any atom is -0.357 e. The molecular weight excluding hydrogens is 371 g/mol. The summed E-state index contributed by atoms with van der Waals surface area (Å²) in [5.41, 5.74) is 1.85. The molecule has 0 spiro atoms. The zero-order valence-corrected chi connectivity index (χ0v) is 16.6. The molecular formula is C19H24Cl2N4O. The summed E-state index contributed by atoms with van der Waals surface area (Å²) in [6, 6.07) is 11.0. The van der Waals surface area contributed by atoms with Gasteiger partial charge < -0.3 is 15.5 Å². The summed E-state index contributed by atoms with van der Waals surface area (Å²) in [6.45, 7) is 6.96. The van der Waals surface area contributed by atoms with E-state index in [4.69, 9.17) is 23.2 Å². The van der Waals surface area contributed by atoms with Gasteiger partial charge >= 0.3 is 6.03 Å². The Balaban J connectivity index is 1.77. The van der Waals surface area contributed by atoms with E-state index in [1.54, 1.807) is 12.1 Å². The van der Waals surface area contributed by atoms with Crippen LogP contribution in [0.3, 0.4) is 0 Å². The molecule has 2 aromatic rings. The highest BCUT2D eigenvalue weighted by Gasteiger charge is 2.06. The summed E-state index contributed by atoms with van der Waals surface area (Å²) in [6.07, 6.45) is 0.676. The minimum atomic E-state index is -0.226. The molecule has 1 aromatic heterocycles. The maximum absolute atomic E-state index is 11.9. The lowest BCUT2D eigenvalue weighted by atomic mass is 10.2. The lowest BCUT2D eigenvalue weighted by Gasteiger charge is -2.20. The third kappa shape index (κ3) is 6.07. The van der Waals surface area contributed by atoms with E-state index in [9.17, 15) is 4.79 Å². The summed E-state index contributed by atoms with van der Waals surface area (Å²) in [4.78, 5) is 18.8. The molecule has 0 aliphatic heterocycles. The molecule has 1 aromatic carbocycles. The highest BCUT2D eigenvalue weighted by Crippen LogP contribution is 2.22. The third-order valence-corrected chi connectivity index (χ3v) is 4.72. The van der Waals surface area contributed by atoms with Gasteiger partial charge in [0, 0.05) is 38.3 Å². The first-order valence-electron chi connectivity index (χ1n) is 8.70. The van der Waals surface area contributed by atoms with Crippen LogP contribution in [0, 0.1) is 0 Å². The van der Waals surface area contributed by atoms with Crippen molar-refractivity contribution in [2.45, 2.75) is 26.8 Å². The molecule has 0 fully saturated rings. The van der Waals surface area contributed by atoms with Crippen LogP contribution in [-0.2, 0) is 13.0 Å². The summed E-state index contributed by atoms with van der Waals surface area (Å²) in [5.74, 6) is 0.969. The quantitative estimate of drug-likeness (QED) is 0.702. The predicted molar refractivity (Wildman–Crippen MR) is 108 cm³/mol. The van der Waals surface area contributed by atoms with E-state index < -0.39 is 0 Å². The fraction of sp³-hybridized carbons (Fsp3) is 0.368. The van der Waals surface area contributed by atoms with E-state index >= 15 is 0 Å². The molecule has 2 amide bonds. The number of benzene rings is 1. The van der Waals surface area contributed by atoms with E-state index in [0.717, 1.165) is 30.2 Å². The number of aromatic nitrogens is 1. The smallest absolute Gasteiger partial charge is 0.315 e. The van der Waals surface area contributed by atoms with Crippen molar-refractivity contribution in [1.82, 2.24) is 15.6 Å². The molecule has 0 saturated heterocycles. The number of hydrogen-bond donors (Lipinski definition) is 2. The SMILES string of the molecule is CCN(CC)c1cccc(CCNC(=O)NCc2ccc(Cl)c(Cl)c2)n1. The van der Waals surface area contributed by atoms with E-state index in [2.05, 4.69) is 34.4 Å². The van der Waals surface area contributed by atoms with Crippen molar-refractivity contribution >= 4 is 35.1 Å². The molecule has 1 heterocycles. The van der Waals surface area contributed by atoms with Crippen molar-refractivity contribution < 1.29 is 4.79 Å². The molecule has 2 N–H and O–H groups in total. The summed E-state index contributed by atoms with van der Waals surface area (Å²) in [5, 5.41) is 6.62.